The molecule has 20 heavy (non-hydrogen) atoms. The molecule has 1 aromatic rings. The molecule has 1 rings (SSSR count). The Balaban J connectivity index is 3.09. The molecular weight excluding hydrogens is 274 g/mol. The lowest BCUT2D eigenvalue weighted by molar-refractivity contribution is 0.368. The lowest BCUT2D eigenvalue weighted by Crippen LogP contribution is -2.35. The van der Waals surface area contributed by atoms with Gasteiger partial charge in [0.05, 0.1) is 6.54 Å². The van der Waals surface area contributed by atoms with Crippen LogP contribution < -0.4 is 5.73 Å². The molecule has 0 spiro atoms. The molecule has 0 radical (unpaired) electrons. The summed E-state index contributed by atoms with van der Waals surface area (Å²) in [6.07, 6.45) is 4.62. The summed E-state index contributed by atoms with van der Waals surface area (Å²) in [6, 6.07) is 1.48. The van der Waals surface area contributed by atoms with Crippen LogP contribution in [0.4, 0.5) is 0 Å². The molecule has 0 aliphatic heterocycles. The predicted molar refractivity (Wildman–Crippen MR) is 79.5 cm³/mol. The number of nitrogens with zero attached hydrogens (tertiary/aromatic N) is 2. The third kappa shape index (κ3) is 4.04. The number of nitrogens with two attached hydrogens (primary N) is 1. The minimum absolute atomic E-state index is 0.0521. The second kappa shape index (κ2) is 7.39. The van der Waals surface area contributed by atoms with Gasteiger partial charge in [0.25, 0.3) is 0 Å². The van der Waals surface area contributed by atoms with E-state index in [1.54, 1.807) is 7.05 Å². The summed E-state index contributed by atoms with van der Waals surface area (Å²) in [4.78, 5) is 4.10. The number of sulfonamides is 1. The number of pyridine rings is 1. The summed E-state index contributed by atoms with van der Waals surface area (Å²) in [5.41, 5.74) is 5.85. The van der Waals surface area contributed by atoms with Crippen molar-refractivity contribution in [2.45, 2.75) is 37.6 Å². The zero-order chi connectivity index (χ0) is 15.2. The zero-order valence-corrected chi connectivity index (χ0v) is 12.9. The van der Waals surface area contributed by atoms with E-state index < -0.39 is 10.0 Å². The maximum absolute atomic E-state index is 12.5. The molecule has 110 valence electrons. The molecule has 0 aromatic carbocycles. The van der Waals surface area contributed by atoms with E-state index in [2.05, 4.69) is 16.8 Å². The standard InChI is InChI=1S/C14H21N3O2S/c1-4-6-12(2)17(3)20(18,19)14-9-13(7-5-8-15)10-16-11-14/h9-12H,4,6,8,15H2,1-3H3. The molecule has 0 aliphatic carbocycles. The lowest BCUT2D eigenvalue weighted by Gasteiger charge is -2.23. The Bertz CT molecular complexity index is 602. The summed E-state index contributed by atoms with van der Waals surface area (Å²) in [6.45, 7) is 4.15. The average molecular weight is 295 g/mol. The summed E-state index contributed by atoms with van der Waals surface area (Å²) in [5.74, 6) is 5.47. The fourth-order valence-corrected chi connectivity index (χ4v) is 3.17. The van der Waals surface area contributed by atoms with Gasteiger partial charge in [-0.15, -0.1) is 0 Å². The highest BCUT2D eigenvalue weighted by atomic mass is 32.2. The van der Waals surface area contributed by atoms with Gasteiger partial charge >= 0.3 is 0 Å². The molecule has 1 heterocycles. The Morgan fingerprint density at radius 2 is 2.15 bits per heavy atom. The Morgan fingerprint density at radius 1 is 1.45 bits per heavy atom. The van der Waals surface area contributed by atoms with Crippen molar-refractivity contribution in [3.8, 4) is 11.8 Å². The van der Waals surface area contributed by atoms with Gasteiger partial charge in [-0.05, 0) is 19.4 Å². The quantitative estimate of drug-likeness (QED) is 0.828. The first-order chi connectivity index (χ1) is 9.43. The summed E-state index contributed by atoms with van der Waals surface area (Å²) in [7, 11) is -1.94. The maximum Gasteiger partial charge on any atom is 0.244 e. The topological polar surface area (TPSA) is 76.3 Å². The Hall–Kier alpha value is -1.42. The van der Waals surface area contributed by atoms with E-state index in [1.165, 1.54) is 22.8 Å². The molecule has 1 unspecified atom stereocenters. The van der Waals surface area contributed by atoms with Crippen LogP contribution in [0.1, 0.15) is 32.3 Å². The lowest BCUT2D eigenvalue weighted by atomic mass is 10.2. The summed E-state index contributed by atoms with van der Waals surface area (Å²) in [5, 5.41) is 0. The minimum Gasteiger partial charge on any atom is -0.320 e. The predicted octanol–water partition coefficient (Wildman–Crippen LogP) is 1.20. The Labute approximate surface area is 121 Å². The van der Waals surface area contributed by atoms with Crippen LogP contribution in [-0.2, 0) is 10.0 Å². The van der Waals surface area contributed by atoms with Crippen molar-refractivity contribution in [2.24, 2.45) is 5.73 Å². The molecule has 0 fully saturated rings. The SMILES string of the molecule is CCCC(C)N(C)S(=O)(=O)c1cncc(C#CCN)c1. The van der Waals surface area contributed by atoms with Gasteiger partial charge in [0, 0.05) is 31.0 Å². The molecule has 1 atom stereocenters. The van der Waals surface area contributed by atoms with Gasteiger partial charge in [0.2, 0.25) is 10.0 Å². The van der Waals surface area contributed by atoms with Crippen LogP contribution in [0.2, 0.25) is 0 Å². The molecule has 5 nitrogen and oxygen atoms in total. The molecule has 0 saturated carbocycles. The van der Waals surface area contributed by atoms with Crippen molar-refractivity contribution in [3.05, 3.63) is 24.0 Å². The second-order valence-electron chi connectivity index (χ2n) is 4.57. The van der Waals surface area contributed by atoms with Gasteiger partial charge in [0.15, 0.2) is 0 Å². The summed E-state index contributed by atoms with van der Waals surface area (Å²) >= 11 is 0. The molecule has 0 aliphatic rings. The highest BCUT2D eigenvalue weighted by Gasteiger charge is 2.25. The molecule has 0 amide bonds. The van der Waals surface area contributed by atoms with Gasteiger partial charge < -0.3 is 5.73 Å². The van der Waals surface area contributed by atoms with Gasteiger partial charge in [-0.2, -0.15) is 4.31 Å². The fraction of sp³-hybridized carbons (Fsp3) is 0.500. The second-order valence-corrected chi connectivity index (χ2v) is 6.57. The van der Waals surface area contributed by atoms with E-state index in [0.29, 0.717) is 5.56 Å². The van der Waals surface area contributed by atoms with Crippen molar-refractivity contribution in [1.29, 1.82) is 0 Å². The van der Waals surface area contributed by atoms with Crippen LogP contribution >= 0.6 is 0 Å². The van der Waals surface area contributed by atoms with Crippen LogP contribution in [-0.4, -0.2) is 37.3 Å². The van der Waals surface area contributed by atoms with E-state index >= 15 is 0 Å². The number of rotatable bonds is 5. The molecule has 0 saturated heterocycles. The maximum atomic E-state index is 12.5. The first kappa shape index (κ1) is 16.6. The summed E-state index contributed by atoms with van der Waals surface area (Å²) < 4.78 is 26.4. The monoisotopic (exact) mass is 295 g/mol. The number of hydrogen-bond donors (Lipinski definition) is 1. The van der Waals surface area contributed by atoms with E-state index in [4.69, 9.17) is 5.73 Å². The number of hydrogen-bond acceptors (Lipinski definition) is 4. The Kier molecular flexibility index (Phi) is 6.14. The molecule has 1 aromatic heterocycles. The van der Waals surface area contributed by atoms with Crippen LogP contribution in [0.15, 0.2) is 23.4 Å². The van der Waals surface area contributed by atoms with Crippen molar-refractivity contribution in [1.82, 2.24) is 9.29 Å². The smallest absolute Gasteiger partial charge is 0.244 e. The molecule has 6 heteroatoms. The Morgan fingerprint density at radius 3 is 2.75 bits per heavy atom. The van der Waals surface area contributed by atoms with Crippen molar-refractivity contribution < 1.29 is 8.42 Å². The fourth-order valence-electron chi connectivity index (χ4n) is 1.78. The van der Waals surface area contributed by atoms with Crippen LogP contribution in [0, 0.1) is 11.8 Å². The van der Waals surface area contributed by atoms with Crippen molar-refractivity contribution in [3.63, 3.8) is 0 Å². The van der Waals surface area contributed by atoms with Gasteiger partial charge in [0.1, 0.15) is 4.90 Å². The minimum atomic E-state index is -3.54. The first-order valence-corrected chi connectivity index (χ1v) is 7.99. The zero-order valence-electron chi connectivity index (χ0n) is 12.1. The van der Waals surface area contributed by atoms with E-state index in [0.717, 1.165) is 12.8 Å². The molecule has 0 bridgehead atoms. The average Bonchev–Trinajstić information content (AvgIpc) is 2.44. The largest absolute Gasteiger partial charge is 0.320 e. The van der Waals surface area contributed by atoms with Gasteiger partial charge in [-0.1, -0.05) is 25.2 Å². The van der Waals surface area contributed by atoms with E-state index in [1.807, 2.05) is 13.8 Å². The third-order valence-electron chi connectivity index (χ3n) is 3.05. The van der Waals surface area contributed by atoms with Gasteiger partial charge in [-0.3, -0.25) is 4.98 Å². The molecule has 2 N–H and O–H groups in total. The number of aromatic nitrogens is 1. The highest BCUT2D eigenvalue weighted by molar-refractivity contribution is 7.89. The van der Waals surface area contributed by atoms with Gasteiger partial charge in [-0.25, -0.2) is 8.42 Å². The normalized spacial score (nSPS) is 12.8. The van der Waals surface area contributed by atoms with E-state index in [9.17, 15) is 8.42 Å². The molecular formula is C14H21N3O2S. The van der Waals surface area contributed by atoms with Crippen LogP contribution in [0.3, 0.4) is 0 Å². The van der Waals surface area contributed by atoms with Crippen molar-refractivity contribution in [2.75, 3.05) is 13.6 Å². The van der Waals surface area contributed by atoms with Crippen LogP contribution in [0.25, 0.3) is 0 Å². The van der Waals surface area contributed by atoms with Crippen molar-refractivity contribution >= 4 is 10.0 Å². The third-order valence-corrected chi connectivity index (χ3v) is 4.99. The first-order valence-electron chi connectivity index (χ1n) is 6.55. The highest BCUT2D eigenvalue weighted by Crippen LogP contribution is 2.18. The van der Waals surface area contributed by atoms with Crippen LogP contribution in [0.5, 0.6) is 0 Å². The van der Waals surface area contributed by atoms with E-state index in [-0.39, 0.29) is 17.5 Å².